The van der Waals surface area contributed by atoms with Crippen LogP contribution in [0.4, 0.5) is 4.39 Å². The van der Waals surface area contributed by atoms with Gasteiger partial charge in [-0.3, -0.25) is 14.8 Å². The first-order valence-electron chi connectivity index (χ1n) is 10.8. The standard InChI is InChI=1S/C23H27FN4O2/c24-23-6-1-3-16(13-18(23)15-23)21-19-14-17(4-5-20(19)26-27-21)22(29)25-7-2-8-28-9-11-30-12-10-28/h1,4-6,13-14,18H,2-3,7-12,15H2,(H,25,29)(H,26,27). The van der Waals surface area contributed by atoms with E-state index in [1.807, 2.05) is 30.4 Å². The molecule has 7 heteroatoms. The van der Waals surface area contributed by atoms with Crippen molar-refractivity contribution in [3.05, 3.63) is 47.7 Å². The lowest BCUT2D eigenvalue weighted by molar-refractivity contribution is 0.0374. The molecule has 0 radical (unpaired) electrons. The average Bonchev–Trinajstić information content (AvgIpc) is 3.25. The Kier molecular flexibility index (Phi) is 5.16. The van der Waals surface area contributed by atoms with Crippen LogP contribution in [0, 0.1) is 5.92 Å². The minimum atomic E-state index is -1.17. The van der Waals surface area contributed by atoms with Crippen molar-refractivity contribution in [1.82, 2.24) is 20.4 Å². The van der Waals surface area contributed by atoms with Gasteiger partial charge >= 0.3 is 0 Å². The van der Waals surface area contributed by atoms with Crippen LogP contribution >= 0.6 is 0 Å². The number of benzene rings is 1. The van der Waals surface area contributed by atoms with Crippen molar-refractivity contribution in [3.63, 3.8) is 0 Å². The van der Waals surface area contributed by atoms with Gasteiger partial charge in [0.25, 0.3) is 5.91 Å². The Morgan fingerprint density at radius 3 is 3.10 bits per heavy atom. The number of amides is 1. The van der Waals surface area contributed by atoms with Gasteiger partial charge in [0.15, 0.2) is 0 Å². The molecular formula is C23H27FN4O2. The van der Waals surface area contributed by atoms with E-state index >= 15 is 0 Å². The Labute approximate surface area is 175 Å². The molecule has 0 spiro atoms. The van der Waals surface area contributed by atoms with E-state index in [4.69, 9.17) is 4.74 Å². The first kappa shape index (κ1) is 19.5. The van der Waals surface area contributed by atoms with Gasteiger partial charge in [-0.25, -0.2) is 4.39 Å². The second-order valence-corrected chi connectivity index (χ2v) is 8.43. The maximum Gasteiger partial charge on any atom is 0.251 e. The van der Waals surface area contributed by atoms with E-state index in [0.29, 0.717) is 24.9 Å². The molecule has 2 unspecified atom stereocenters. The van der Waals surface area contributed by atoms with Gasteiger partial charge in [0, 0.05) is 36.5 Å². The van der Waals surface area contributed by atoms with Crippen LogP contribution < -0.4 is 5.32 Å². The number of carbonyl (C=O) groups is 1. The highest BCUT2D eigenvalue weighted by Crippen LogP contribution is 2.52. The van der Waals surface area contributed by atoms with Crippen LogP contribution in [0.5, 0.6) is 0 Å². The summed E-state index contributed by atoms with van der Waals surface area (Å²) in [5.41, 5.74) is 2.16. The normalized spacial score (nSPS) is 26.2. The van der Waals surface area contributed by atoms with Gasteiger partial charge in [-0.05, 0) is 49.6 Å². The number of morpholine rings is 1. The van der Waals surface area contributed by atoms with Crippen molar-refractivity contribution in [2.24, 2.45) is 5.92 Å². The lowest BCUT2D eigenvalue weighted by atomic mass is 10.0. The molecule has 2 aromatic rings. The summed E-state index contributed by atoms with van der Waals surface area (Å²) in [5, 5.41) is 11.4. The van der Waals surface area contributed by atoms with Crippen LogP contribution in [-0.4, -0.2) is 66.1 Å². The largest absolute Gasteiger partial charge is 0.379 e. The number of nitrogens with zero attached hydrogens (tertiary/aromatic N) is 2. The maximum absolute atomic E-state index is 14.3. The monoisotopic (exact) mass is 410 g/mol. The van der Waals surface area contributed by atoms with Gasteiger partial charge in [0.05, 0.1) is 24.4 Å². The van der Waals surface area contributed by atoms with E-state index in [1.165, 1.54) is 0 Å². The Morgan fingerprint density at radius 2 is 2.23 bits per heavy atom. The molecule has 2 heterocycles. The zero-order valence-corrected chi connectivity index (χ0v) is 17.0. The maximum atomic E-state index is 14.3. The van der Waals surface area contributed by atoms with Crippen molar-refractivity contribution in [2.45, 2.75) is 24.9 Å². The highest BCUT2D eigenvalue weighted by atomic mass is 19.1. The fourth-order valence-corrected chi connectivity index (χ4v) is 4.37. The molecule has 1 aromatic heterocycles. The summed E-state index contributed by atoms with van der Waals surface area (Å²) in [6, 6.07) is 5.59. The Hall–Kier alpha value is -2.51. The van der Waals surface area contributed by atoms with Crippen molar-refractivity contribution in [1.29, 1.82) is 0 Å². The van der Waals surface area contributed by atoms with Gasteiger partial charge in [-0.15, -0.1) is 0 Å². The third kappa shape index (κ3) is 3.91. The third-order valence-corrected chi connectivity index (χ3v) is 6.29. The molecule has 30 heavy (non-hydrogen) atoms. The molecule has 1 saturated carbocycles. The molecule has 3 aliphatic rings. The number of fused-ring (bicyclic) bond motifs is 2. The zero-order valence-electron chi connectivity index (χ0n) is 17.0. The third-order valence-electron chi connectivity index (χ3n) is 6.29. The summed E-state index contributed by atoms with van der Waals surface area (Å²) in [6.45, 7) is 5.11. The highest BCUT2D eigenvalue weighted by molar-refractivity contribution is 6.00. The molecule has 2 atom stereocenters. The molecule has 2 aliphatic carbocycles. The summed E-state index contributed by atoms with van der Waals surface area (Å²) in [4.78, 5) is 15.0. The van der Waals surface area contributed by atoms with Crippen LogP contribution in [0.25, 0.3) is 16.5 Å². The van der Waals surface area contributed by atoms with Crippen molar-refractivity contribution in [3.8, 4) is 0 Å². The molecule has 5 rings (SSSR count). The number of hydrogen-bond acceptors (Lipinski definition) is 4. The molecule has 1 aliphatic heterocycles. The fraction of sp³-hybridized carbons (Fsp3) is 0.478. The van der Waals surface area contributed by atoms with E-state index in [0.717, 1.165) is 61.4 Å². The topological polar surface area (TPSA) is 70.2 Å². The number of ether oxygens (including phenoxy) is 1. The van der Waals surface area contributed by atoms with Crippen molar-refractivity contribution >= 4 is 22.4 Å². The van der Waals surface area contributed by atoms with Crippen LogP contribution in [-0.2, 0) is 4.74 Å². The second-order valence-electron chi connectivity index (χ2n) is 8.43. The summed E-state index contributed by atoms with van der Waals surface area (Å²) < 4.78 is 19.7. The van der Waals surface area contributed by atoms with Crippen molar-refractivity contribution in [2.75, 3.05) is 39.4 Å². The van der Waals surface area contributed by atoms with E-state index in [2.05, 4.69) is 20.4 Å². The molecule has 6 nitrogen and oxygen atoms in total. The minimum Gasteiger partial charge on any atom is -0.379 e. The molecule has 1 saturated heterocycles. The van der Waals surface area contributed by atoms with Crippen LogP contribution in [0.2, 0.25) is 0 Å². The van der Waals surface area contributed by atoms with Gasteiger partial charge in [-0.2, -0.15) is 5.10 Å². The molecule has 158 valence electrons. The Balaban J connectivity index is 1.25. The Bertz CT molecular complexity index is 1010. The lowest BCUT2D eigenvalue weighted by Crippen LogP contribution is -2.38. The summed E-state index contributed by atoms with van der Waals surface area (Å²) in [5.74, 6) is -0.137. The number of nitrogens with one attached hydrogen (secondary N) is 2. The smallest absolute Gasteiger partial charge is 0.251 e. The molecule has 2 N–H and O–H groups in total. The zero-order chi connectivity index (χ0) is 20.6. The number of carbonyl (C=O) groups excluding carboxylic acids is 1. The van der Waals surface area contributed by atoms with Crippen LogP contribution in [0.15, 0.2) is 36.4 Å². The Morgan fingerprint density at radius 1 is 1.37 bits per heavy atom. The van der Waals surface area contributed by atoms with Crippen LogP contribution in [0.1, 0.15) is 35.3 Å². The average molecular weight is 410 g/mol. The summed E-state index contributed by atoms with van der Waals surface area (Å²) >= 11 is 0. The van der Waals surface area contributed by atoms with Crippen LogP contribution in [0.3, 0.4) is 0 Å². The first-order chi connectivity index (χ1) is 14.6. The minimum absolute atomic E-state index is 0.0593. The molecule has 2 fully saturated rings. The van der Waals surface area contributed by atoms with Gasteiger partial charge in [0.2, 0.25) is 0 Å². The quantitative estimate of drug-likeness (QED) is 0.567. The summed E-state index contributed by atoms with van der Waals surface area (Å²) in [6.07, 6.45) is 7.70. The molecule has 1 amide bonds. The lowest BCUT2D eigenvalue weighted by Gasteiger charge is -2.26. The SMILES string of the molecule is O=C(NCCCN1CCOCC1)c1ccc2[nH]nc(C3=CC4CC4(F)C=CC3)c2c1. The number of halogens is 1. The first-order valence-corrected chi connectivity index (χ1v) is 10.8. The molecular weight excluding hydrogens is 383 g/mol. The van der Waals surface area contributed by atoms with E-state index in [-0.39, 0.29) is 11.8 Å². The second kappa shape index (κ2) is 7.96. The van der Waals surface area contributed by atoms with E-state index in [1.54, 1.807) is 6.08 Å². The number of aromatic nitrogens is 2. The predicted molar refractivity (Wildman–Crippen MR) is 114 cm³/mol. The molecule has 1 aromatic carbocycles. The van der Waals surface area contributed by atoms with Gasteiger partial charge in [-0.1, -0.05) is 18.2 Å². The number of aromatic amines is 1. The number of allylic oxidation sites excluding steroid dienone is 4. The van der Waals surface area contributed by atoms with Gasteiger partial charge < -0.3 is 10.1 Å². The van der Waals surface area contributed by atoms with Crippen molar-refractivity contribution < 1.29 is 13.9 Å². The number of rotatable bonds is 6. The number of hydrogen-bond donors (Lipinski definition) is 2. The highest BCUT2D eigenvalue weighted by Gasteiger charge is 2.52. The number of alkyl halides is 1. The molecule has 0 bridgehead atoms. The summed E-state index contributed by atoms with van der Waals surface area (Å²) in [7, 11) is 0. The predicted octanol–water partition coefficient (Wildman–Crippen LogP) is 3.09. The van der Waals surface area contributed by atoms with E-state index in [9.17, 15) is 9.18 Å². The van der Waals surface area contributed by atoms with E-state index < -0.39 is 5.67 Å². The van der Waals surface area contributed by atoms with Gasteiger partial charge in [0.1, 0.15) is 5.67 Å². The number of H-pyrrole nitrogens is 1. The fourth-order valence-electron chi connectivity index (χ4n) is 4.37.